The lowest BCUT2D eigenvalue weighted by Crippen LogP contribution is -2.21. The summed E-state index contributed by atoms with van der Waals surface area (Å²) < 4.78 is 27.6. The molecule has 5 nitrogen and oxygen atoms in total. The highest BCUT2D eigenvalue weighted by Crippen LogP contribution is 2.20. The fourth-order valence-corrected chi connectivity index (χ4v) is 2.13. The summed E-state index contributed by atoms with van der Waals surface area (Å²) in [6.45, 7) is 0.458. The third kappa shape index (κ3) is 3.86. The molecule has 124 valence electrons. The Hall–Kier alpha value is -2.98. The number of hydrogen-bond donors (Lipinski definition) is 2. The first-order chi connectivity index (χ1) is 11.5. The van der Waals surface area contributed by atoms with Gasteiger partial charge in [-0.25, -0.2) is 8.78 Å². The predicted molar refractivity (Wildman–Crippen MR) is 85.8 cm³/mol. The van der Waals surface area contributed by atoms with Gasteiger partial charge in [-0.2, -0.15) is 5.26 Å². The van der Waals surface area contributed by atoms with E-state index >= 15 is 0 Å². The third-order valence-corrected chi connectivity index (χ3v) is 3.40. The van der Waals surface area contributed by atoms with Crippen LogP contribution < -0.4 is 10.2 Å². The van der Waals surface area contributed by atoms with Crippen LogP contribution in [-0.2, 0) is 0 Å². The van der Waals surface area contributed by atoms with Gasteiger partial charge in [-0.15, -0.1) is 0 Å². The van der Waals surface area contributed by atoms with Crippen molar-refractivity contribution in [2.24, 2.45) is 0 Å². The number of benzene rings is 2. The molecule has 2 rings (SSSR count). The molecule has 2 aromatic carbocycles. The lowest BCUT2D eigenvalue weighted by molar-refractivity contribution is 0.101. The Bertz CT molecular complexity index is 762. The summed E-state index contributed by atoms with van der Waals surface area (Å²) in [5.74, 6) is -3.13. The Morgan fingerprint density at radius 2 is 1.83 bits per heavy atom. The number of rotatable bonds is 5. The maximum absolute atomic E-state index is 13.8. The van der Waals surface area contributed by atoms with Crippen LogP contribution >= 0.6 is 0 Å². The van der Waals surface area contributed by atoms with Crippen molar-refractivity contribution in [3.05, 3.63) is 59.2 Å². The number of aliphatic hydroxyl groups is 1. The molecule has 0 radical (unpaired) electrons. The Morgan fingerprint density at radius 3 is 2.33 bits per heavy atom. The first kappa shape index (κ1) is 17.4. The molecule has 0 aromatic heterocycles. The Kier molecular flexibility index (Phi) is 5.45. The van der Waals surface area contributed by atoms with Crippen LogP contribution in [0.25, 0.3) is 0 Å². The van der Waals surface area contributed by atoms with Crippen LogP contribution in [0, 0.1) is 23.0 Å². The Labute approximate surface area is 137 Å². The number of halogens is 2. The zero-order valence-corrected chi connectivity index (χ0v) is 12.9. The van der Waals surface area contributed by atoms with E-state index in [2.05, 4.69) is 5.32 Å². The van der Waals surface area contributed by atoms with Crippen molar-refractivity contribution in [3.8, 4) is 6.07 Å². The quantitative estimate of drug-likeness (QED) is 0.883. The second-order valence-electron chi connectivity index (χ2n) is 5.07. The molecule has 0 atom stereocenters. The minimum atomic E-state index is -1.09. The molecule has 1 amide bonds. The molecule has 24 heavy (non-hydrogen) atoms. The maximum Gasteiger partial charge on any atom is 0.261 e. The van der Waals surface area contributed by atoms with Crippen molar-refractivity contribution in [1.82, 2.24) is 0 Å². The molecule has 0 aliphatic rings. The van der Waals surface area contributed by atoms with Gasteiger partial charge in [-0.05, 0) is 36.4 Å². The van der Waals surface area contributed by atoms with Crippen LogP contribution in [0.15, 0.2) is 36.4 Å². The molecular weight excluding hydrogens is 316 g/mol. The van der Waals surface area contributed by atoms with E-state index in [9.17, 15) is 13.6 Å². The molecular formula is C17H15F2N3O2. The van der Waals surface area contributed by atoms with E-state index < -0.39 is 23.1 Å². The average Bonchev–Trinajstić information content (AvgIpc) is 2.55. The number of nitrogens with zero attached hydrogens (tertiary/aromatic N) is 2. The second kappa shape index (κ2) is 7.53. The van der Waals surface area contributed by atoms with Crippen LogP contribution in [-0.4, -0.2) is 31.2 Å². The fourth-order valence-electron chi connectivity index (χ4n) is 2.13. The van der Waals surface area contributed by atoms with E-state index in [0.29, 0.717) is 12.2 Å². The van der Waals surface area contributed by atoms with Gasteiger partial charge in [-0.1, -0.05) is 0 Å². The molecule has 7 heteroatoms. The molecule has 0 aliphatic carbocycles. The first-order valence-electron chi connectivity index (χ1n) is 7.09. The van der Waals surface area contributed by atoms with Gasteiger partial charge >= 0.3 is 0 Å². The summed E-state index contributed by atoms with van der Waals surface area (Å²) in [4.78, 5) is 13.9. The number of nitriles is 1. The normalized spacial score (nSPS) is 10.1. The van der Waals surface area contributed by atoms with Crippen LogP contribution in [0.4, 0.5) is 20.2 Å². The molecule has 0 bridgehead atoms. The van der Waals surface area contributed by atoms with Gasteiger partial charge in [-0.3, -0.25) is 4.79 Å². The Balaban J connectivity index is 2.17. The first-order valence-corrected chi connectivity index (χ1v) is 7.09. The minimum absolute atomic E-state index is 0.00618. The van der Waals surface area contributed by atoms with E-state index in [-0.39, 0.29) is 12.2 Å². The van der Waals surface area contributed by atoms with Crippen molar-refractivity contribution >= 4 is 17.3 Å². The van der Waals surface area contributed by atoms with Gasteiger partial charge < -0.3 is 15.3 Å². The van der Waals surface area contributed by atoms with Gasteiger partial charge in [0.15, 0.2) is 0 Å². The summed E-state index contributed by atoms with van der Waals surface area (Å²) in [7, 11) is 1.80. The number of anilines is 2. The summed E-state index contributed by atoms with van der Waals surface area (Å²) >= 11 is 0. The molecule has 0 aliphatic heterocycles. The highest BCUT2D eigenvalue weighted by atomic mass is 19.1. The minimum Gasteiger partial charge on any atom is -0.395 e. The standard InChI is InChI=1S/C17H15F2N3O2/c1-22(6-7-23)13-4-2-12(3-5-13)21-17(24)16-14(18)8-11(10-20)9-15(16)19/h2-5,8-9,23H,6-7H2,1H3,(H,21,24). The van der Waals surface area contributed by atoms with Crippen LogP contribution in [0.3, 0.4) is 0 Å². The van der Waals surface area contributed by atoms with Crippen molar-refractivity contribution in [1.29, 1.82) is 5.26 Å². The van der Waals surface area contributed by atoms with Gasteiger partial charge in [0.1, 0.15) is 17.2 Å². The second-order valence-corrected chi connectivity index (χ2v) is 5.07. The largest absolute Gasteiger partial charge is 0.395 e. The lowest BCUT2D eigenvalue weighted by atomic mass is 10.1. The van der Waals surface area contributed by atoms with Crippen molar-refractivity contribution in [2.45, 2.75) is 0 Å². The topological polar surface area (TPSA) is 76.4 Å². The summed E-state index contributed by atoms with van der Waals surface area (Å²) in [6, 6.07) is 9.82. The fraction of sp³-hybridized carbons (Fsp3) is 0.176. The summed E-state index contributed by atoms with van der Waals surface area (Å²) in [5, 5.41) is 20.0. The SMILES string of the molecule is CN(CCO)c1ccc(NC(=O)c2c(F)cc(C#N)cc2F)cc1. The summed E-state index contributed by atoms with van der Waals surface area (Å²) in [6.07, 6.45) is 0. The van der Waals surface area contributed by atoms with E-state index in [1.807, 2.05) is 4.90 Å². The van der Waals surface area contributed by atoms with E-state index in [0.717, 1.165) is 17.8 Å². The van der Waals surface area contributed by atoms with Crippen molar-refractivity contribution in [3.63, 3.8) is 0 Å². The molecule has 2 aromatic rings. The van der Waals surface area contributed by atoms with Crippen LogP contribution in [0.1, 0.15) is 15.9 Å². The molecule has 0 spiro atoms. The molecule has 0 saturated carbocycles. The van der Waals surface area contributed by atoms with E-state index in [4.69, 9.17) is 10.4 Å². The number of hydrogen-bond acceptors (Lipinski definition) is 4. The molecule has 2 N–H and O–H groups in total. The maximum atomic E-state index is 13.8. The number of aliphatic hydroxyl groups excluding tert-OH is 1. The smallest absolute Gasteiger partial charge is 0.261 e. The number of nitrogens with one attached hydrogen (secondary N) is 1. The Morgan fingerprint density at radius 1 is 1.25 bits per heavy atom. The van der Waals surface area contributed by atoms with Crippen molar-refractivity contribution in [2.75, 3.05) is 30.4 Å². The molecule has 0 unspecified atom stereocenters. The van der Waals surface area contributed by atoms with Gasteiger partial charge in [0.25, 0.3) is 5.91 Å². The van der Waals surface area contributed by atoms with E-state index in [1.54, 1.807) is 37.4 Å². The molecule has 0 heterocycles. The van der Waals surface area contributed by atoms with Gasteiger partial charge in [0, 0.05) is 25.0 Å². The van der Waals surface area contributed by atoms with Crippen LogP contribution in [0.2, 0.25) is 0 Å². The third-order valence-electron chi connectivity index (χ3n) is 3.40. The average molecular weight is 331 g/mol. The zero-order chi connectivity index (χ0) is 17.7. The summed E-state index contributed by atoms with van der Waals surface area (Å²) in [5.41, 5.74) is 0.246. The van der Waals surface area contributed by atoms with E-state index in [1.165, 1.54) is 0 Å². The van der Waals surface area contributed by atoms with Crippen LogP contribution in [0.5, 0.6) is 0 Å². The highest BCUT2D eigenvalue weighted by molar-refractivity contribution is 6.04. The highest BCUT2D eigenvalue weighted by Gasteiger charge is 2.19. The number of amides is 1. The van der Waals surface area contributed by atoms with Gasteiger partial charge in [0.2, 0.25) is 0 Å². The molecule has 0 saturated heterocycles. The van der Waals surface area contributed by atoms with Crippen molar-refractivity contribution < 1.29 is 18.7 Å². The monoisotopic (exact) mass is 331 g/mol. The number of carbonyl (C=O) groups is 1. The zero-order valence-electron chi connectivity index (χ0n) is 12.9. The molecule has 0 fully saturated rings. The number of likely N-dealkylation sites (N-methyl/N-ethyl adjacent to an activating group) is 1. The predicted octanol–water partition coefficient (Wildman–Crippen LogP) is 2.52. The number of carbonyl (C=O) groups excluding carboxylic acids is 1. The lowest BCUT2D eigenvalue weighted by Gasteiger charge is -2.18. The van der Waals surface area contributed by atoms with Gasteiger partial charge in [0.05, 0.1) is 18.2 Å².